The van der Waals surface area contributed by atoms with Crippen LogP contribution >= 0.6 is 0 Å². The number of aromatic nitrogens is 1. The first kappa shape index (κ1) is 11.4. The Kier molecular flexibility index (Phi) is 3.96. The first-order valence-corrected chi connectivity index (χ1v) is 4.21. The summed E-state index contributed by atoms with van der Waals surface area (Å²) in [6.45, 7) is -1.10. The summed E-state index contributed by atoms with van der Waals surface area (Å²) < 4.78 is 32.4. The van der Waals surface area contributed by atoms with E-state index in [9.17, 15) is 13.6 Å². The van der Waals surface area contributed by atoms with E-state index >= 15 is 0 Å². The molecule has 0 aliphatic heterocycles. The van der Waals surface area contributed by atoms with Crippen molar-refractivity contribution in [1.82, 2.24) is 4.98 Å². The van der Waals surface area contributed by atoms with Crippen LogP contribution in [0.1, 0.15) is 17.3 Å². The van der Waals surface area contributed by atoms with Gasteiger partial charge in [0.05, 0.1) is 12.2 Å². The van der Waals surface area contributed by atoms with E-state index in [-0.39, 0.29) is 18.1 Å². The molecule has 0 spiro atoms. The molecule has 0 fully saturated rings. The van der Waals surface area contributed by atoms with Crippen LogP contribution in [0.4, 0.5) is 8.78 Å². The lowest BCUT2D eigenvalue weighted by Crippen LogP contribution is -2.07. The number of pyridine rings is 1. The zero-order valence-electron chi connectivity index (χ0n) is 7.94. The molecule has 0 unspecified atom stereocenters. The van der Waals surface area contributed by atoms with Crippen LogP contribution in [0.25, 0.3) is 0 Å². The fraction of sp³-hybridized carbons (Fsp3) is 0.333. The van der Waals surface area contributed by atoms with E-state index in [0.29, 0.717) is 0 Å². The van der Waals surface area contributed by atoms with Gasteiger partial charge in [-0.2, -0.15) is 8.78 Å². The Bertz CT molecular complexity index is 344. The number of carbonyl (C=O) groups is 1. The lowest BCUT2D eigenvalue weighted by molar-refractivity contribution is -0.0529. The van der Waals surface area contributed by atoms with E-state index in [2.05, 4.69) is 14.5 Å². The molecule has 0 saturated heterocycles. The molecule has 6 heteroatoms. The smallest absolute Gasteiger partial charge is 0.388 e. The molecule has 1 rings (SSSR count). The highest BCUT2D eigenvalue weighted by Crippen LogP contribution is 2.12. The number of hydrogen-bond donors (Lipinski definition) is 0. The second-order valence-corrected chi connectivity index (χ2v) is 2.48. The Balaban J connectivity index is 2.78. The molecule has 0 radical (unpaired) electrons. The average Bonchev–Trinajstić information content (AvgIpc) is 2.17. The molecule has 0 bridgehead atoms. The van der Waals surface area contributed by atoms with Gasteiger partial charge in [-0.25, -0.2) is 9.78 Å². The van der Waals surface area contributed by atoms with Crippen molar-refractivity contribution in [2.75, 3.05) is 6.61 Å². The van der Waals surface area contributed by atoms with Gasteiger partial charge >= 0.3 is 12.6 Å². The molecule has 0 aliphatic rings. The van der Waals surface area contributed by atoms with E-state index < -0.39 is 12.6 Å². The highest BCUT2D eigenvalue weighted by Gasteiger charge is 2.10. The first-order chi connectivity index (χ1) is 7.13. The second-order valence-electron chi connectivity index (χ2n) is 2.48. The monoisotopic (exact) mass is 217 g/mol. The summed E-state index contributed by atoms with van der Waals surface area (Å²) in [6.07, 6.45) is 1.20. The maximum absolute atomic E-state index is 11.8. The van der Waals surface area contributed by atoms with Gasteiger partial charge in [0.15, 0.2) is 0 Å². The molecule has 0 N–H and O–H groups in total. The minimum absolute atomic E-state index is 0.127. The minimum atomic E-state index is -2.96. The van der Waals surface area contributed by atoms with Gasteiger partial charge in [-0.1, -0.05) is 0 Å². The second kappa shape index (κ2) is 5.23. The van der Waals surface area contributed by atoms with Crippen molar-refractivity contribution in [1.29, 1.82) is 0 Å². The predicted octanol–water partition coefficient (Wildman–Crippen LogP) is 1.86. The van der Waals surface area contributed by atoms with Crippen molar-refractivity contribution in [2.24, 2.45) is 0 Å². The van der Waals surface area contributed by atoms with Gasteiger partial charge < -0.3 is 9.47 Å². The lowest BCUT2D eigenvalue weighted by Gasteiger charge is -2.05. The van der Waals surface area contributed by atoms with Crippen molar-refractivity contribution in [2.45, 2.75) is 13.5 Å². The Morgan fingerprint density at radius 3 is 2.93 bits per heavy atom. The standard InChI is InChI=1S/C9H9F2NO3/c1-2-14-8(13)6-3-4-12-7(5-6)15-9(10)11/h3-5,9H,2H2,1H3. The number of rotatable bonds is 4. The molecule has 0 aliphatic carbocycles. The first-order valence-electron chi connectivity index (χ1n) is 4.21. The molecule has 1 aromatic heterocycles. The van der Waals surface area contributed by atoms with E-state index in [1.165, 1.54) is 12.3 Å². The summed E-state index contributed by atoms with van der Waals surface area (Å²) in [4.78, 5) is 14.7. The zero-order chi connectivity index (χ0) is 11.3. The van der Waals surface area contributed by atoms with E-state index in [0.717, 1.165) is 6.07 Å². The highest BCUT2D eigenvalue weighted by molar-refractivity contribution is 5.89. The van der Waals surface area contributed by atoms with Crippen LogP contribution in [0.3, 0.4) is 0 Å². The van der Waals surface area contributed by atoms with Crippen LogP contribution < -0.4 is 4.74 Å². The van der Waals surface area contributed by atoms with Gasteiger partial charge in [-0.3, -0.25) is 0 Å². The fourth-order valence-corrected chi connectivity index (χ4v) is 0.907. The summed E-state index contributed by atoms with van der Waals surface area (Å²) in [5.74, 6) is -0.908. The topological polar surface area (TPSA) is 48.4 Å². The maximum atomic E-state index is 11.8. The number of ether oxygens (including phenoxy) is 2. The van der Waals surface area contributed by atoms with Crippen LogP contribution in [0.2, 0.25) is 0 Å². The molecule has 4 nitrogen and oxygen atoms in total. The van der Waals surface area contributed by atoms with Crippen LogP contribution in [0.5, 0.6) is 5.88 Å². The number of nitrogens with zero attached hydrogens (tertiary/aromatic N) is 1. The SMILES string of the molecule is CCOC(=O)c1ccnc(OC(F)F)c1. The lowest BCUT2D eigenvalue weighted by atomic mass is 10.3. The third-order valence-electron chi connectivity index (χ3n) is 1.46. The van der Waals surface area contributed by atoms with Crippen molar-refractivity contribution < 1.29 is 23.0 Å². The van der Waals surface area contributed by atoms with Crippen LogP contribution in [0, 0.1) is 0 Å². The average molecular weight is 217 g/mol. The number of alkyl halides is 2. The van der Waals surface area contributed by atoms with E-state index in [1.807, 2.05) is 0 Å². The van der Waals surface area contributed by atoms with Crippen molar-refractivity contribution in [3.8, 4) is 5.88 Å². The van der Waals surface area contributed by atoms with E-state index in [4.69, 9.17) is 0 Å². The Hall–Kier alpha value is -1.72. The summed E-state index contributed by atoms with van der Waals surface area (Å²) in [5, 5.41) is 0. The molecule has 82 valence electrons. The summed E-state index contributed by atoms with van der Waals surface area (Å²) in [5.41, 5.74) is 0.127. The van der Waals surface area contributed by atoms with Gasteiger partial charge in [0.25, 0.3) is 0 Å². The summed E-state index contributed by atoms with van der Waals surface area (Å²) >= 11 is 0. The minimum Gasteiger partial charge on any atom is -0.462 e. The maximum Gasteiger partial charge on any atom is 0.388 e. The predicted molar refractivity (Wildman–Crippen MR) is 46.8 cm³/mol. The molecule has 1 heterocycles. The zero-order valence-corrected chi connectivity index (χ0v) is 7.94. The molecular formula is C9H9F2NO3. The fourth-order valence-electron chi connectivity index (χ4n) is 0.907. The Morgan fingerprint density at radius 2 is 2.33 bits per heavy atom. The third-order valence-corrected chi connectivity index (χ3v) is 1.46. The summed E-state index contributed by atoms with van der Waals surface area (Å²) in [7, 11) is 0. The number of esters is 1. The van der Waals surface area contributed by atoms with Gasteiger partial charge in [0.2, 0.25) is 5.88 Å². The van der Waals surface area contributed by atoms with Crippen LogP contribution in [0.15, 0.2) is 18.3 Å². The molecule has 0 amide bonds. The number of hydrogen-bond acceptors (Lipinski definition) is 4. The van der Waals surface area contributed by atoms with E-state index in [1.54, 1.807) is 6.92 Å². The Morgan fingerprint density at radius 1 is 1.60 bits per heavy atom. The highest BCUT2D eigenvalue weighted by atomic mass is 19.3. The van der Waals surface area contributed by atoms with Crippen LogP contribution in [-0.2, 0) is 4.74 Å². The molecular weight excluding hydrogens is 208 g/mol. The molecule has 0 aromatic carbocycles. The quantitative estimate of drug-likeness (QED) is 0.722. The normalized spacial score (nSPS) is 10.1. The number of halogens is 2. The summed E-state index contributed by atoms with van der Waals surface area (Å²) in [6, 6.07) is 2.46. The van der Waals surface area contributed by atoms with Crippen molar-refractivity contribution >= 4 is 5.97 Å². The largest absolute Gasteiger partial charge is 0.462 e. The number of carbonyl (C=O) groups excluding carboxylic acids is 1. The van der Waals surface area contributed by atoms with Crippen molar-refractivity contribution in [3.63, 3.8) is 0 Å². The van der Waals surface area contributed by atoms with Gasteiger partial charge in [0.1, 0.15) is 0 Å². The van der Waals surface area contributed by atoms with Crippen molar-refractivity contribution in [3.05, 3.63) is 23.9 Å². The molecule has 1 aromatic rings. The molecule has 0 saturated carbocycles. The third kappa shape index (κ3) is 3.49. The van der Waals surface area contributed by atoms with Gasteiger partial charge in [-0.15, -0.1) is 0 Å². The molecule has 15 heavy (non-hydrogen) atoms. The van der Waals surface area contributed by atoms with Gasteiger partial charge in [-0.05, 0) is 13.0 Å². The molecule has 0 atom stereocenters. The van der Waals surface area contributed by atoms with Crippen LogP contribution in [-0.4, -0.2) is 24.2 Å². The Labute approximate surface area is 84.8 Å². The van der Waals surface area contributed by atoms with Gasteiger partial charge in [0, 0.05) is 12.3 Å².